The summed E-state index contributed by atoms with van der Waals surface area (Å²) in [5.41, 5.74) is 4.51. The maximum absolute atomic E-state index is 12.3. The van der Waals surface area contributed by atoms with Crippen LogP contribution in [0.5, 0.6) is 11.8 Å². The first kappa shape index (κ1) is 42.5. The summed E-state index contributed by atoms with van der Waals surface area (Å²) < 4.78 is 15.7. The standard InChI is InChI=1S/C17H14N2O2S.C14H13NO3.C4H5NS.C4H9.Li/c1-12-10-18-17(22-12)16(20)14-8-5-9-15(19-14)21-11-13-6-3-2-4-7-13;1-17-14(16)12-8-5-9-13(15-12)18-10-11-6-3-2-4-7-11;1-4-2-5-3-6-4;1-3-4-2;/h2-10H,11H2,1H3;2-9H,10H2,1H3;2-3H,1H3;1,3-4H2,2H3;/q;;;-1;+1. The first-order chi connectivity index (χ1) is 24.3. The number of ether oxygens (including phenoxy) is 3. The molecule has 51 heavy (non-hydrogen) atoms. The van der Waals surface area contributed by atoms with Crippen LogP contribution in [0.1, 0.15) is 66.6 Å². The van der Waals surface area contributed by atoms with E-state index in [2.05, 4.69) is 38.5 Å². The van der Waals surface area contributed by atoms with E-state index >= 15 is 0 Å². The molecule has 6 aromatic rings. The zero-order valence-electron chi connectivity index (χ0n) is 29.7. The van der Waals surface area contributed by atoms with Gasteiger partial charge in [-0.05, 0) is 37.1 Å². The van der Waals surface area contributed by atoms with Gasteiger partial charge < -0.3 is 21.1 Å². The van der Waals surface area contributed by atoms with Crippen LogP contribution in [0.3, 0.4) is 0 Å². The summed E-state index contributed by atoms with van der Waals surface area (Å²) in [6.07, 6.45) is 5.82. The number of aromatic nitrogens is 4. The molecule has 0 atom stereocenters. The summed E-state index contributed by atoms with van der Waals surface area (Å²) in [7, 11) is 1.32. The van der Waals surface area contributed by atoms with Crippen molar-refractivity contribution in [2.75, 3.05) is 7.11 Å². The average molecular weight is 717 g/mol. The molecule has 0 spiro atoms. The number of unbranched alkanes of at least 4 members (excludes halogenated alkanes) is 1. The Morgan fingerprint density at radius 2 is 1.25 bits per heavy atom. The van der Waals surface area contributed by atoms with Gasteiger partial charge in [0.05, 0.1) is 12.6 Å². The number of carbonyl (C=O) groups is 2. The maximum atomic E-state index is 12.3. The number of nitrogens with zero attached hydrogens (tertiary/aromatic N) is 4. The normalized spacial score (nSPS) is 9.59. The predicted molar refractivity (Wildman–Crippen MR) is 199 cm³/mol. The topological polar surface area (TPSA) is 113 Å². The monoisotopic (exact) mass is 716 g/mol. The van der Waals surface area contributed by atoms with Crippen LogP contribution in [-0.4, -0.2) is 38.8 Å². The molecule has 4 aromatic heterocycles. The number of hydrogen-bond acceptors (Lipinski definition) is 11. The van der Waals surface area contributed by atoms with Gasteiger partial charge in [0.25, 0.3) is 0 Å². The zero-order valence-corrected chi connectivity index (χ0v) is 31.3. The van der Waals surface area contributed by atoms with Crippen molar-refractivity contribution in [1.29, 1.82) is 0 Å². The Kier molecular flexibility index (Phi) is 20.4. The van der Waals surface area contributed by atoms with Crippen LogP contribution in [0, 0.1) is 20.8 Å². The molecule has 0 aliphatic rings. The molecule has 0 radical (unpaired) electrons. The smallest absolute Gasteiger partial charge is 0.473 e. The molecule has 0 saturated carbocycles. The summed E-state index contributed by atoms with van der Waals surface area (Å²) in [5.74, 6) is 0.188. The Hall–Kier alpha value is -4.66. The van der Waals surface area contributed by atoms with Crippen molar-refractivity contribution in [3.8, 4) is 11.8 Å². The fourth-order valence-corrected chi connectivity index (χ4v) is 4.77. The Bertz CT molecular complexity index is 1840. The second kappa shape index (κ2) is 24.5. The Balaban J connectivity index is 0.000000277. The number of rotatable bonds is 10. The number of ketones is 1. The van der Waals surface area contributed by atoms with Crippen molar-refractivity contribution in [3.63, 3.8) is 0 Å². The van der Waals surface area contributed by atoms with Gasteiger partial charge >= 0.3 is 24.8 Å². The van der Waals surface area contributed by atoms with Crippen LogP contribution in [0.4, 0.5) is 0 Å². The van der Waals surface area contributed by atoms with Crippen LogP contribution < -0.4 is 28.3 Å². The Labute approximate surface area is 320 Å². The number of thiazole rings is 2. The first-order valence-corrected chi connectivity index (χ1v) is 17.5. The van der Waals surface area contributed by atoms with Gasteiger partial charge in [0.2, 0.25) is 17.5 Å². The number of esters is 1. The molecule has 0 amide bonds. The van der Waals surface area contributed by atoms with E-state index in [0.29, 0.717) is 35.7 Å². The van der Waals surface area contributed by atoms with E-state index in [-0.39, 0.29) is 30.3 Å². The van der Waals surface area contributed by atoms with Crippen LogP contribution in [0.2, 0.25) is 0 Å². The second-order valence-electron chi connectivity index (χ2n) is 10.3. The molecule has 12 heteroatoms. The van der Waals surface area contributed by atoms with Crippen molar-refractivity contribution >= 4 is 34.4 Å². The molecule has 0 N–H and O–H groups in total. The van der Waals surface area contributed by atoms with Crippen molar-refractivity contribution in [2.24, 2.45) is 0 Å². The summed E-state index contributed by atoms with van der Waals surface area (Å²) >= 11 is 3.03. The molecular weight excluding hydrogens is 676 g/mol. The summed E-state index contributed by atoms with van der Waals surface area (Å²) in [5, 5.41) is 0.449. The molecule has 260 valence electrons. The van der Waals surface area contributed by atoms with Crippen molar-refractivity contribution < 1.29 is 42.7 Å². The minimum atomic E-state index is -0.472. The van der Waals surface area contributed by atoms with Crippen molar-refractivity contribution in [2.45, 2.75) is 46.8 Å². The number of carbonyl (C=O) groups excluding carboxylic acids is 2. The van der Waals surface area contributed by atoms with Crippen LogP contribution in [0.15, 0.2) is 115 Å². The van der Waals surface area contributed by atoms with E-state index in [1.807, 2.05) is 86.2 Å². The van der Waals surface area contributed by atoms with Crippen molar-refractivity contribution in [1.82, 2.24) is 19.9 Å². The van der Waals surface area contributed by atoms with Gasteiger partial charge in [-0.3, -0.25) is 9.78 Å². The third-order valence-electron chi connectivity index (χ3n) is 6.26. The van der Waals surface area contributed by atoms with Gasteiger partial charge in [-0.25, -0.2) is 19.7 Å². The predicted octanol–water partition coefficient (Wildman–Crippen LogP) is 6.18. The molecule has 0 unspecified atom stereocenters. The first-order valence-electron chi connectivity index (χ1n) is 15.8. The molecule has 6 rings (SSSR count). The van der Waals surface area contributed by atoms with Gasteiger partial charge in [0.1, 0.15) is 18.9 Å². The second-order valence-corrected chi connectivity index (χ2v) is 12.7. The SMILES string of the molecule is COC(=O)c1cccc(OCc2ccccc2)n1.Cc1cnc(C(=O)c2cccc(OCc3ccccc3)n2)s1.Cc1cncs1.[CH2-]CCC.[Li+]. The fraction of sp³-hybridized carbons (Fsp3) is 0.205. The van der Waals surface area contributed by atoms with E-state index in [1.54, 1.807) is 53.9 Å². The Morgan fingerprint density at radius 1 is 0.725 bits per heavy atom. The third kappa shape index (κ3) is 16.3. The molecule has 4 heterocycles. The molecule has 2 aromatic carbocycles. The summed E-state index contributed by atoms with van der Waals surface area (Å²) in [6.45, 7) is 10.5. The number of methoxy groups -OCH3 is 1. The average Bonchev–Trinajstić information content (AvgIpc) is 3.85. The van der Waals surface area contributed by atoms with Crippen LogP contribution in [-0.2, 0) is 18.0 Å². The molecular formula is C39H41LiN4O5S2. The van der Waals surface area contributed by atoms with Crippen LogP contribution >= 0.6 is 22.7 Å². The number of aryl methyl sites for hydroxylation is 2. The molecule has 0 bridgehead atoms. The van der Waals surface area contributed by atoms with Gasteiger partial charge in [-0.2, -0.15) is 6.42 Å². The third-order valence-corrected chi connectivity index (χ3v) is 7.87. The molecule has 0 aliphatic heterocycles. The quantitative estimate of drug-likeness (QED) is 0.0710. The minimum Gasteiger partial charge on any atom is -0.473 e. The van der Waals surface area contributed by atoms with E-state index in [1.165, 1.54) is 29.7 Å². The minimum absolute atomic E-state index is 0. The zero-order chi connectivity index (χ0) is 36.0. The van der Waals surface area contributed by atoms with Crippen molar-refractivity contribution in [3.05, 3.63) is 159 Å². The van der Waals surface area contributed by atoms with Crippen LogP contribution in [0.25, 0.3) is 0 Å². The van der Waals surface area contributed by atoms with E-state index in [4.69, 9.17) is 9.47 Å². The van der Waals surface area contributed by atoms with Gasteiger partial charge in [0, 0.05) is 34.3 Å². The number of benzene rings is 2. The van der Waals surface area contributed by atoms with E-state index in [9.17, 15) is 9.59 Å². The molecule has 0 fully saturated rings. The summed E-state index contributed by atoms with van der Waals surface area (Å²) in [4.78, 5) is 42.2. The van der Waals surface area contributed by atoms with Gasteiger partial charge in [-0.15, -0.1) is 22.7 Å². The summed E-state index contributed by atoms with van der Waals surface area (Å²) in [6, 6.07) is 29.8. The largest absolute Gasteiger partial charge is 1.00 e. The molecule has 0 saturated heterocycles. The van der Waals surface area contributed by atoms with E-state index in [0.717, 1.165) is 22.4 Å². The maximum Gasteiger partial charge on any atom is 1.00 e. The number of pyridine rings is 2. The van der Waals surface area contributed by atoms with E-state index < -0.39 is 5.97 Å². The molecule has 9 nitrogen and oxygen atoms in total. The van der Waals surface area contributed by atoms with Gasteiger partial charge in [0.15, 0.2) is 10.7 Å². The van der Waals surface area contributed by atoms with Gasteiger partial charge in [-0.1, -0.05) is 86.1 Å². The molecule has 0 aliphatic carbocycles. The number of hydrogen-bond donors (Lipinski definition) is 0. The fourth-order valence-electron chi connectivity index (χ4n) is 3.65. The Morgan fingerprint density at radius 3 is 1.67 bits per heavy atom.